The van der Waals surface area contributed by atoms with Crippen molar-refractivity contribution in [2.75, 3.05) is 0 Å². The third kappa shape index (κ3) is 4.25. The highest BCUT2D eigenvalue weighted by Crippen LogP contribution is 2.15. The Morgan fingerprint density at radius 1 is 1.37 bits per heavy atom. The van der Waals surface area contributed by atoms with E-state index >= 15 is 0 Å². The monoisotopic (exact) mass is 298 g/mol. The lowest BCUT2D eigenvalue weighted by molar-refractivity contribution is 0.884. The number of aryl methyl sites for hydroxylation is 1. The molecule has 5 N–H and O–H groups in total. The van der Waals surface area contributed by atoms with Gasteiger partial charge in [-0.1, -0.05) is 0 Å². The molecule has 19 heavy (non-hydrogen) atoms. The van der Waals surface area contributed by atoms with Gasteiger partial charge >= 0.3 is 0 Å². The minimum Gasteiger partial charge on any atom is -0.375 e. The number of nitrogens with zero attached hydrogens (tertiary/aromatic N) is 3. The number of hydrogen-bond acceptors (Lipinski definition) is 4. The van der Waals surface area contributed by atoms with E-state index in [4.69, 9.17) is 23.7 Å². The van der Waals surface area contributed by atoms with Crippen LogP contribution in [0, 0.1) is 13.8 Å². The molecule has 1 aromatic heterocycles. The summed E-state index contributed by atoms with van der Waals surface area (Å²) in [6.07, 6.45) is 1.59. The predicted octanol–water partition coefficient (Wildman–Crippen LogP) is 0.733. The number of thiocarbonyl (C=S) groups is 2. The van der Waals surface area contributed by atoms with Crippen LogP contribution in [0.2, 0.25) is 0 Å². The van der Waals surface area contributed by atoms with Crippen molar-refractivity contribution < 1.29 is 0 Å². The van der Waals surface area contributed by atoms with Crippen LogP contribution >= 0.6 is 24.4 Å². The van der Waals surface area contributed by atoms with E-state index in [2.05, 4.69) is 27.8 Å². The summed E-state index contributed by atoms with van der Waals surface area (Å²) in [6.45, 7) is 5.80. The normalized spacial score (nSPS) is 11.4. The number of hydrogen-bond donors (Lipinski definition) is 3. The van der Waals surface area contributed by atoms with E-state index in [0.717, 1.165) is 35.5 Å². The van der Waals surface area contributed by atoms with Gasteiger partial charge in [-0.2, -0.15) is 10.2 Å². The first-order valence-corrected chi connectivity index (χ1v) is 6.58. The van der Waals surface area contributed by atoms with E-state index in [-0.39, 0.29) is 10.2 Å². The van der Waals surface area contributed by atoms with Crippen molar-refractivity contribution in [2.45, 2.75) is 33.6 Å². The van der Waals surface area contributed by atoms with Gasteiger partial charge in [0.05, 0.1) is 5.69 Å². The van der Waals surface area contributed by atoms with Crippen molar-refractivity contribution in [3.05, 3.63) is 17.0 Å². The zero-order valence-corrected chi connectivity index (χ0v) is 12.9. The molecule has 6 nitrogen and oxygen atoms in total. The zero-order chi connectivity index (χ0) is 14.6. The second kappa shape index (κ2) is 6.58. The molecule has 0 saturated carbocycles. The van der Waals surface area contributed by atoms with Gasteiger partial charge in [-0.25, -0.2) is 4.68 Å². The first kappa shape index (κ1) is 15.5. The van der Waals surface area contributed by atoms with Gasteiger partial charge in [0.15, 0.2) is 10.2 Å². The van der Waals surface area contributed by atoms with Crippen LogP contribution in [-0.4, -0.2) is 25.7 Å². The second-order valence-corrected chi connectivity index (χ2v) is 5.08. The third-order valence-electron chi connectivity index (χ3n) is 2.74. The predicted molar refractivity (Wildman–Crippen MR) is 85.2 cm³/mol. The summed E-state index contributed by atoms with van der Waals surface area (Å²) in [4.78, 5) is 0. The van der Waals surface area contributed by atoms with Crippen LogP contribution < -0.4 is 16.9 Å². The van der Waals surface area contributed by atoms with Crippen molar-refractivity contribution in [3.63, 3.8) is 0 Å². The van der Waals surface area contributed by atoms with Gasteiger partial charge in [0, 0.05) is 11.4 Å². The lowest BCUT2D eigenvalue weighted by Gasteiger charge is -2.04. The molecule has 0 aliphatic carbocycles. The van der Waals surface area contributed by atoms with Crippen molar-refractivity contribution in [2.24, 2.45) is 16.6 Å². The molecular weight excluding hydrogens is 280 g/mol. The maximum absolute atomic E-state index is 5.60. The molecule has 104 valence electrons. The molecule has 8 heteroatoms. The fourth-order valence-electron chi connectivity index (χ4n) is 1.76. The summed E-state index contributed by atoms with van der Waals surface area (Å²) < 4.78 is 1.58. The number of aromatic nitrogens is 2. The van der Waals surface area contributed by atoms with Crippen LogP contribution in [0.3, 0.4) is 0 Å². The first-order chi connectivity index (χ1) is 8.82. The lowest BCUT2D eigenvalue weighted by atomic mass is 10.1. The summed E-state index contributed by atoms with van der Waals surface area (Å²) in [5.74, 6) is 0. The van der Waals surface area contributed by atoms with Crippen molar-refractivity contribution in [3.8, 4) is 0 Å². The summed E-state index contributed by atoms with van der Waals surface area (Å²) in [6, 6.07) is 0. The molecule has 1 aromatic rings. The fraction of sp³-hybridized carbons (Fsp3) is 0.455. The quantitative estimate of drug-likeness (QED) is 0.431. The van der Waals surface area contributed by atoms with E-state index < -0.39 is 0 Å². The maximum atomic E-state index is 5.60. The van der Waals surface area contributed by atoms with Gasteiger partial charge in [-0.3, -0.25) is 5.43 Å². The van der Waals surface area contributed by atoms with Crippen LogP contribution in [0.15, 0.2) is 5.10 Å². The van der Waals surface area contributed by atoms with Crippen LogP contribution in [0.4, 0.5) is 0 Å². The number of rotatable bonds is 4. The Kier molecular flexibility index (Phi) is 5.37. The van der Waals surface area contributed by atoms with Gasteiger partial charge in [0.2, 0.25) is 0 Å². The van der Waals surface area contributed by atoms with Crippen LogP contribution in [0.5, 0.6) is 0 Å². The van der Waals surface area contributed by atoms with E-state index in [1.165, 1.54) is 0 Å². The van der Waals surface area contributed by atoms with E-state index in [1.807, 2.05) is 20.8 Å². The molecule has 0 amide bonds. The molecule has 0 unspecified atom stereocenters. The smallest absolute Gasteiger partial charge is 0.191 e. The first-order valence-electron chi connectivity index (χ1n) is 5.76. The molecule has 1 heterocycles. The van der Waals surface area contributed by atoms with Gasteiger partial charge in [-0.05, 0) is 63.6 Å². The summed E-state index contributed by atoms with van der Waals surface area (Å²) in [7, 11) is 0. The molecule has 0 atom stereocenters. The molecule has 0 fully saturated rings. The van der Waals surface area contributed by atoms with Gasteiger partial charge in [0.1, 0.15) is 0 Å². The highest BCUT2D eigenvalue weighted by molar-refractivity contribution is 7.80. The molecule has 1 rings (SSSR count). The largest absolute Gasteiger partial charge is 0.375 e. The highest BCUT2D eigenvalue weighted by Gasteiger charge is 2.12. The Hall–Kier alpha value is -1.54. The summed E-state index contributed by atoms with van der Waals surface area (Å²) in [5, 5.41) is 8.80. The van der Waals surface area contributed by atoms with E-state index in [9.17, 15) is 0 Å². The molecule has 0 saturated heterocycles. The lowest BCUT2D eigenvalue weighted by Crippen LogP contribution is -2.25. The standard InChI is InChI=1S/C11H18N6S2/c1-6(14-15-10(12)18)4-5-9-7(2)16-17(8(9)3)11(13)19/h4-5H2,1-3H3,(H2,13,19)(H3,12,15,18)/b14-6+. The molecule has 0 aromatic carbocycles. The molecule has 0 aliphatic rings. The molecular formula is C11H18N6S2. The van der Waals surface area contributed by atoms with E-state index in [1.54, 1.807) is 4.68 Å². The van der Waals surface area contributed by atoms with Crippen LogP contribution in [-0.2, 0) is 6.42 Å². The minimum absolute atomic E-state index is 0.160. The number of nitrogens with two attached hydrogens (primary N) is 2. The highest BCUT2D eigenvalue weighted by atomic mass is 32.1. The Balaban J connectivity index is 2.76. The van der Waals surface area contributed by atoms with Crippen molar-refractivity contribution in [1.29, 1.82) is 0 Å². The van der Waals surface area contributed by atoms with Crippen LogP contribution in [0.25, 0.3) is 0 Å². The molecule has 0 spiro atoms. The van der Waals surface area contributed by atoms with E-state index in [0.29, 0.717) is 0 Å². The number of nitrogens with one attached hydrogen (secondary N) is 1. The van der Waals surface area contributed by atoms with Gasteiger partial charge in [0.25, 0.3) is 0 Å². The topological polar surface area (TPSA) is 94.2 Å². The Bertz CT molecular complexity index is 532. The number of hydrazone groups is 1. The Morgan fingerprint density at radius 3 is 2.47 bits per heavy atom. The summed E-state index contributed by atoms with van der Waals surface area (Å²) in [5.41, 5.74) is 17.4. The Morgan fingerprint density at radius 2 is 2.00 bits per heavy atom. The second-order valence-electron chi connectivity index (χ2n) is 4.22. The SMILES string of the molecule is C/C(CCc1c(C)nn(C(N)=S)c1C)=N\NC(N)=S. The molecule has 0 bridgehead atoms. The fourth-order valence-corrected chi connectivity index (χ4v) is 1.99. The maximum Gasteiger partial charge on any atom is 0.191 e. The Labute approximate surface area is 123 Å². The third-order valence-corrected chi connectivity index (χ3v) is 3.01. The van der Waals surface area contributed by atoms with Crippen molar-refractivity contribution in [1.82, 2.24) is 15.2 Å². The molecule has 0 aliphatic heterocycles. The minimum atomic E-state index is 0.160. The van der Waals surface area contributed by atoms with Gasteiger partial charge in [-0.15, -0.1) is 0 Å². The van der Waals surface area contributed by atoms with Crippen molar-refractivity contribution >= 4 is 40.4 Å². The zero-order valence-electron chi connectivity index (χ0n) is 11.2. The summed E-state index contributed by atoms with van der Waals surface area (Å²) >= 11 is 9.63. The average Bonchev–Trinajstić information content (AvgIpc) is 2.60. The molecule has 0 radical (unpaired) electrons. The average molecular weight is 298 g/mol. The van der Waals surface area contributed by atoms with Crippen LogP contribution in [0.1, 0.15) is 30.3 Å². The van der Waals surface area contributed by atoms with Gasteiger partial charge < -0.3 is 11.5 Å².